The maximum atomic E-state index is 12.1. The summed E-state index contributed by atoms with van der Waals surface area (Å²) >= 11 is 0. The smallest absolute Gasteiger partial charge is 0.333 e. The lowest BCUT2D eigenvalue weighted by molar-refractivity contribution is -0.140. The maximum absolute atomic E-state index is 12.1. The Kier molecular flexibility index (Phi) is 19.6. The van der Waals surface area contributed by atoms with Gasteiger partial charge in [0.25, 0.3) is 20.2 Å². The monoisotopic (exact) mass is 750 g/mol. The van der Waals surface area contributed by atoms with Gasteiger partial charge in [0.1, 0.15) is 12.2 Å². The van der Waals surface area contributed by atoms with Gasteiger partial charge in [0, 0.05) is 27.4 Å². The van der Waals surface area contributed by atoms with Crippen LogP contribution in [-0.2, 0) is 57.1 Å². The number of ether oxygens (including phenoxy) is 4. The van der Waals surface area contributed by atoms with Gasteiger partial charge in [-0.1, -0.05) is 37.9 Å². The summed E-state index contributed by atoms with van der Waals surface area (Å²) in [6.07, 6.45) is 3.71. The Bertz CT molecular complexity index is 1500. The highest BCUT2D eigenvalue weighted by Gasteiger charge is 2.41. The van der Waals surface area contributed by atoms with Crippen molar-refractivity contribution in [2.24, 2.45) is 10.2 Å². The first kappa shape index (κ1) is 44.8. The number of azide groups is 2. The summed E-state index contributed by atoms with van der Waals surface area (Å²) in [5, 5.41) is 7.28. The number of esters is 2. The summed E-state index contributed by atoms with van der Waals surface area (Å²) in [5.41, 5.74) is 18.2. The van der Waals surface area contributed by atoms with E-state index in [1.54, 1.807) is 13.8 Å². The molecule has 0 bridgehead atoms. The molecule has 6 atom stereocenters. The van der Waals surface area contributed by atoms with Crippen LogP contribution in [-0.4, -0.2) is 103 Å². The standard InChI is InChI=1S/2C15H25N3O6S/c1-5-11(6-2)23-12-8-10(15(19)22-7-3)9-13(14(12)17-18-16)24-25(4,20)21;1-5-11(6-2)23-13-9-10(15(19)22-7-3)8-12(17-18-16)14(13)24-25(4,20)21/h8,11-14H,5-7,9H2,1-4H3;9,11-14H,5-8H2,1-4H3. The molecule has 0 aliphatic heterocycles. The van der Waals surface area contributed by atoms with Gasteiger partial charge in [-0.05, 0) is 69.2 Å². The molecule has 20 heteroatoms. The van der Waals surface area contributed by atoms with Crippen molar-refractivity contribution in [1.29, 1.82) is 0 Å². The molecule has 2 aliphatic rings. The fraction of sp³-hybridized carbons (Fsp3) is 0.800. The number of rotatable bonds is 18. The number of carbonyl (C=O) groups is 2. The van der Waals surface area contributed by atoms with E-state index in [4.69, 9.17) is 38.4 Å². The first-order valence-electron chi connectivity index (χ1n) is 16.4. The first-order chi connectivity index (χ1) is 23.5. The molecule has 0 heterocycles. The summed E-state index contributed by atoms with van der Waals surface area (Å²) in [6.45, 7) is 11.5. The Morgan fingerprint density at radius 1 is 0.740 bits per heavy atom. The topological polar surface area (TPSA) is 255 Å². The molecule has 0 fully saturated rings. The van der Waals surface area contributed by atoms with Crippen LogP contribution >= 0.6 is 0 Å². The molecule has 18 nitrogen and oxygen atoms in total. The van der Waals surface area contributed by atoms with Crippen LogP contribution in [0.25, 0.3) is 20.9 Å². The van der Waals surface area contributed by atoms with Crippen LogP contribution in [0.2, 0.25) is 0 Å². The number of nitrogens with zero attached hydrogens (tertiary/aromatic N) is 6. The van der Waals surface area contributed by atoms with Gasteiger partial charge >= 0.3 is 11.9 Å². The van der Waals surface area contributed by atoms with E-state index in [-0.39, 0.29) is 49.4 Å². The zero-order valence-corrected chi connectivity index (χ0v) is 31.5. The van der Waals surface area contributed by atoms with Crippen molar-refractivity contribution in [3.63, 3.8) is 0 Å². The average molecular weight is 751 g/mol. The predicted octanol–water partition coefficient (Wildman–Crippen LogP) is 4.95. The van der Waals surface area contributed by atoms with Crippen molar-refractivity contribution < 1.29 is 53.7 Å². The van der Waals surface area contributed by atoms with E-state index in [1.807, 2.05) is 27.7 Å². The van der Waals surface area contributed by atoms with Gasteiger partial charge in [-0.3, -0.25) is 8.37 Å². The summed E-state index contributed by atoms with van der Waals surface area (Å²) in [5.74, 6) is -1.11. The summed E-state index contributed by atoms with van der Waals surface area (Å²) in [6, 6.07) is -1.80. The Labute approximate surface area is 294 Å². The zero-order chi connectivity index (χ0) is 38.1. The molecule has 6 unspecified atom stereocenters. The molecule has 0 saturated heterocycles. The molecule has 0 N–H and O–H groups in total. The highest BCUT2D eigenvalue weighted by atomic mass is 32.2. The van der Waals surface area contributed by atoms with Crippen LogP contribution in [0.3, 0.4) is 0 Å². The molecule has 284 valence electrons. The number of hydrogen-bond acceptors (Lipinski definition) is 14. The maximum Gasteiger partial charge on any atom is 0.333 e. The van der Waals surface area contributed by atoms with Crippen LogP contribution in [0.4, 0.5) is 0 Å². The third-order valence-electron chi connectivity index (χ3n) is 7.57. The van der Waals surface area contributed by atoms with Gasteiger partial charge in [-0.2, -0.15) is 16.8 Å². The fourth-order valence-electron chi connectivity index (χ4n) is 5.24. The minimum Gasteiger partial charge on any atom is -0.463 e. The molecular weight excluding hydrogens is 700 g/mol. The molecular formula is C30H50N6O12S2. The third kappa shape index (κ3) is 15.3. The van der Waals surface area contributed by atoms with Crippen LogP contribution < -0.4 is 0 Å². The minimum atomic E-state index is -3.82. The van der Waals surface area contributed by atoms with Crippen LogP contribution in [0.1, 0.15) is 80.1 Å². The highest BCUT2D eigenvalue weighted by molar-refractivity contribution is 7.86. The Morgan fingerprint density at radius 2 is 1.18 bits per heavy atom. The van der Waals surface area contributed by atoms with Gasteiger partial charge < -0.3 is 18.9 Å². The van der Waals surface area contributed by atoms with Crippen molar-refractivity contribution in [2.75, 3.05) is 25.7 Å². The van der Waals surface area contributed by atoms with Crippen molar-refractivity contribution >= 4 is 32.2 Å². The SMILES string of the molecule is CCOC(=O)C1=CC(OC(CC)CC)C(N=[N+]=[N-])C(OS(C)(=O)=O)C1.CCOC(=O)C1=CC(OC(CC)CC)C(OS(C)(=O)=O)C(N=[N+]=[N-])C1. The summed E-state index contributed by atoms with van der Waals surface area (Å²) < 4.78 is 78.4. The Morgan fingerprint density at radius 3 is 1.60 bits per heavy atom. The molecule has 0 aromatic rings. The van der Waals surface area contributed by atoms with E-state index >= 15 is 0 Å². The van der Waals surface area contributed by atoms with E-state index in [2.05, 4.69) is 20.1 Å². The number of hydrogen-bond donors (Lipinski definition) is 0. The van der Waals surface area contributed by atoms with Gasteiger partial charge in [0.05, 0.1) is 62.2 Å². The largest absolute Gasteiger partial charge is 0.463 e. The average Bonchev–Trinajstić information content (AvgIpc) is 3.04. The molecule has 2 rings (SSSR count). The zero-order valence-electron chi connectivity index (χ0n) is 29.8. The van der Waals surface area contributed by atoms with Gasteiger partial charge in [0.2, 0.25) is 0 Å². The van der Waals surface area contributed by atoms with Crippen LogP contribution in [0.5, 0.6) is 0 Å². The van der Waals surface area contributed by atoms with Crippen molar-refractivity contribution in [3.8, 4) is 0 Å². The van der Waals surface area contributed by atoms with Crippen molar-refractivity contribution in [2.45, 2.75) is 129 Å². The van der Waals surface area contributed by atoms with Gasteiger partial charge in [-0.15, -0.1) is 0 Å². The fourth-order valence-corrected chi connectivity index (χ4v) is 6.51. The highest BCUT2D eigenvalue weighted by Crippen LogP contribution is 2.31. The van der Waals surface area contributed by atoms with Crippen LogP contribution in [0, 0.1) is 0 Å². The van der Waals surface area contributed by atoms with E-state index < -0.39 is 68.7 Å². The summed E-state index contributed by atoms with van der Waals surface area (Å²) in [4.78, 5) is 29.7. The molecule has 2 aliphatic carbocycles. The normalized spacial score (nSPS) is 23.7. The van der Waals surface area contributed by atoms with Crippen molar-refractivity contribution in [3.05, 3.63) is 44.2 Å². The predicted molar refractivity (Wildman–Crippen MR) is 182 cm³/mol. The third-order valence-corrected chi connectivity index (χ3v) is 8.74. The van der Waals surface area contributed by atoms with E-state index in [9.17, 15) is 26.4 Å². The molecule has 0 radical (unpaired) electrons. The second-order valence-electron chi connectivity index (χ2n) is 11.4. The lowest BCUT2D eigenvalue weighted by atomic mass is 9.90. The molecule has 50 heavy (non-hydrogen) atoms. The van der Waals surface area contributed by atoms with E-state index in [0.717, 1.165) is 25.4 Å². The minimum absolute atomic E-state index is 0.0197. The molecule has 0 spiro atoms. The molecule has 0 aromatic heterocycles. The first-order valence-corrected chi connectivity index (χ1v) is 20.1. The van der Waals surface area contributed by atoms with E-state index in [1.165, 1.54) is 12.2 Å². The van der Waals surface area contributed by atoms with Gasteiger partial charge in [-0.25, -0.2) is 9.59 Å². The van der Waals surface area contributed by atoms with E-state index in [0.29, 0.717) is 12.8 Å². The summed E-state index contributed by atoms with van der Waals surface area (Å²) in [7, 11) is -7.63. The Hall–Kier alpha value is -3.22. The molecule has 0 saturated carbocycles. The second-order valence-corrected chi connectivity index (χ2v) is 14.6. The van der Waals surface area contributed by atoms with Crippen molar-refractivity contribution in [1.82, 2.24) is 0 Å². The number of carbonyl (C=O) groups excluding carboxylic acids is 2. The second kappa shape index (κ2) is 21.9. The van der Waals surface area contributed by atoms with Gasteiger partial charge in [0.15, 0.2) is 0 Å². The lowest BCUT2D eigenvalue weighted by Gasteiger charge is -2.35. The Balaban J connectivity index is 0.000000500. The molecule has 0 aromatic carbocycles. The van der Waals surface area contributed by atoms with Crippen LogP contribution in [0.15, 0.2) is 33.5 Å². The quantitative estimate of drug-likeness (QED) is 0.0592. The molecule has 0 amide bonds. The lowest BCUT2D eigenvalue weighted by Crippen LogP contribution is -2.45.